The fourth-order valence-corrected chi connectivity index (χ4v) is 2.24. The highest BCUT2D eigenvalue weighted by Crippen LogP contribution is 2.15. The number of hydrogen-bond donors (Lipinski definition) is 2. The molecule has 1 aromatic rings. The number of nitrogens with zero attached hydrogens (tertiary/aromatic N) is 2. The van der Waals surface area contributed by atoms with E-state index >= 15 is 0 Å². The minimum absolute atomic E-state index is 0.0130. The largest absolute Gasteiger partial charge is 0.395 e. The summed E-state index contributed by atoms with van der Waals surface area (Å²) in [5.74, 6) is -0.0130. The maximum atomic E-state index is 11.8. The predicted molar refractivity (Wildman–Crippen MR) is 67.8 cm³/mol. The summed E-state index contributed by atoms with van der Waals surface area (Å²) >= 11 is 0. The molecule has 0 spiro atoms. The maximum absolute atomic E-state index is 11.8. The molecule has 0 radical (unpaired) electrons. The summed E-state index contributed by atoms with van der Waals surface area (Å²) in [6.45, 7) is 1.84. The van der Waals surface area contributed by atoms with Crippen LogP contribution in [0.25, 0.3) is 0 Å². The van der Waals surface area contributed by atoms with Gasteiger partial charge in [0.2, 0.25) is 5.91 Å². The van der Waals surface area contributed by atoms with Crippen LogP contribution in [-0.4, -0.2) is 46.6 Å². The van der Waals surface area contributed by atoms with Gasteiger partial charge in [0, 0.05) is 12.2 Å². The molecule has 1 amide bonds. The van der Waals surface area contributed by atoms with Gasteiger partial charge in [-0.1, -0.05) is 6.07 Å². The summed E-state index contributed by atoms with van der Waals surface area (Å²) in [4.78, 5) is 18.0. The molecule has 2 heterocycles. The van der Waals surface area contributed by atoms with Gasteiger partial charge < -0.3 is 10.4 Å². The normalized spacial score (nSPS) is 19.9. The van der Waals surface area contributed by atoms with Gasteiger partial charge in [-0.2, -0.15) is 0 Å². The van der Waals surface area contributed by atoms with E-state index in [1.165, 1.54) is 0 Å². The molecule has 2 rings (SSSR count). The van der Waals surface area contributed by atoms with Crippen molar-refractivity contribution in [3.63, 3.8) is 0 Å². The van der Waals surface area contributed by atoms with Gasteiger partial charge in [-0.05, 0) is 31.5 Å². The zero-order valence-corrected chi connectivity index (χ0v) is 10.4. The van der Waals surface area contributed by atoms with E-state index in [-0.39, 0.29) is 18.6 Å². The molecule has 0 aliphatic carbocycles. The van der Waals surface area contributed by atoms with Crippen LogP contribution in [-0.2, 0) is 11.3 Å². The smallest absolute Gasteiger partial charge is 0.234 e. The first-order valence-electron chi connectivity index (χ1n) is 6.31. The van der Waals surface area contributed by atoms with Crippen molar-refractivity contribution in [3.8, 4) is 0 Å². The molecule has 1 aliphatic heterocycles. The summed E-state index contributed by atoms with van der Waals surface area (Å²) in [7, 11) is 0. The van der Waals surface area contributed by atoms with Crippen LogP contribution in [0.3, 0.4) is 0 Å². The van der Waals surface area contributed by atoms with Crippen molar-refractivity contribution in [1.29, 1.82) is 0 Å². The minimum atomic E-state index is -0.0130. The first-order chi connectivity index (χ1) is 8.79. The molecule has 0 unspecified atom stereocenters. The lowest BCUT2D eigenvalue weighted by Gasteiger charge is -2.21. The molecule has 1 atom stereocenters. The zero-order valence-electron chi connectivity index (χ0n) is 10.4. The maximum Gasteiger partial charge on any atom is 0.234 e. The third-order valence-electron chi connectivity index (χ3n) is 3.25. The van der Waals surface area contributed by atoms with Crippen molar-refractivity contribution >= 4 is 5.91 Å². The number of likely N-dealkylation sites (tertiary alicyclic amines) is 1. The van der Waals surface area contributed by atoms with E-state index in [4.69, 9.17) is 0 Å². The lowest BCUT2D eigenvalue weighted by molar-refractivity contribution is -0.122. The molecule has 0 saturated carbocycles. The minimum Gasteiger partial charge on any atom is -0.395 e. The van der Waals surface area contributed by atoms with Gasteiger partial charge in [-0.3, -0.25) is 14.7 Å². The summed E-state index contributed by atoms with van der Waals surface area (Å²) in [6, 6.07) is 5.77. The summed E-state index contributed by atoms with van der Waals surface area (Å²) in [5.41, 5.74) is 0.853. The summed E-state index contributed by atoms with van der Waals surface area (Å²) in [5, 5.41) is 12.0. The predicted octanol–water partition coefficient (Wildman–Crippen LogP) is 0.155. The topological polar surface area (TPSA) is 65.5 Å². The number of rotatable bonds is 5. The molecule has 1 aromatic heterocycles. The fraction of sp³-hybridized carbons (Fsp3) is 0.538. The van der Waals surface area contributed by atoms with E-state index in [0.29, 0.717) is 13.1 Å². The second-order valence-electron chi connectivity index (χ2n) is 4.55. The molecule has 5 nitrogen and oxygen atoms in total. The lowest BCUT2D eigenvalue weighted by atomic mass is 10.2. The Morgan fingerprint density at radius 1 is 1.56 bits per heavy atom. The highest BCUT2D eigenvalue weighted by molar-refractivity contribution is 5.78. The SMILES string of the molecule is O=C(CN1CCC[C@@H]1CO)NCc1ccccn1. The van der Waals surface area contributed by atoms with Gasteiger partial charge in [0.1, 0.15) is 0 Å². The molecular formula is C13H19N3O2. The van der Waals surface area contributed by atoms with E-state index in [2.05, 4.69) is 10.3 Å². The van der Waals surface area contributed by atoms with Crippen LogP contribution in [0, 0.1) is 0 Å². The second kappa shape index (κ2) is 6.47. The number of aliphatic hydroxyl groups excluding tert-OH is 1. The van der Waals surface area contributed by atoms with Crippen LogP contribution in [0.1, 0.15) is 18.5 Å². The number of hydrogen-bond acceptors (Lipinski definition) is 4. The van der Waals surface area contributed by atoms with Crippen molar-refractivity contribution in [2.45, 2.75) is 25.4 Å². The Kier molecular flexibility index (Phi) is 4.66. The van der Waals surface area contributed by atoms with E-state index in [1.807, 2.05) is 23.1 Å². The van der Waals surface area contributed by atoms with Crippen molar-refractivity contribution in [3.05, 3.63) is 30.1 Å². The van der Waals surface area contributed by atoms with Crippen LogP contribution in [0.5, 0.6) is 0 Å². The van der Waals surface area contributed by atoms with Crippen LogP contribution in [0.2, 0.25) is 0 Å². The standard InChI is InChI=1S/C13H19N3O2/c17-10-12-5-3-7-16(12)9-13(18)15-8-11-4-1-2-6-14-11/h1-2,4,6,12,17H,3,5,7-10H2,(H,15,18)/t12-/m1/s1. The summed E-state index contributed by atoms with van der Waals surface area (Å²) in [6.07, 6.45) is 3.74. The molecule has 1 saturated heterocycles. The molecule has 0 bridgehead atoms. The molecule has 5 heteroatoms. The monoisotopic (exact) mass is 249 g/mol. The number of aromatic nitrogens is 1. The Morgan fingerprint density at radius 2 is 2.44 bits per heavy atom. The van der Waals surface area contributed by atoms with Gasteiger partial charge in [0.05, 0.1) is 25.4 Å². The van der Waals surface area contributed by atoms with Crippen LogP contribution >= 0.6 is 0 Å². The van der Waals surface area contributed by atoms with Gasteiger partial charge in [-0.15, -0.1) is 0 Å². The molecule has 2 N–H and O–H groups in total. The average Bonchev–Trinajstić information content (AvgIpc) is 2.85. The molecule has 98 valence electrons. The molecule has 1 aliphatic rings. The number of pyridine rings is 1. The Balaban J connectivity index is 1.75. The van der Waals surface area contributed by atoms with E-state index in [0.717, 1.165) is 25.1 Å². The van der Waals surface area contributed by atoms with Crippen molar-refractivity contribution in [2.75, 3.05) is 19.7 Å². The van der Waals surface area contributed by atoms with E-state index in [9.17, 15) is 9.90 Å². The number of amides is 1. The fourth-order valence-electron chi connectivity index (χ4n) is 2.24. The number of carbonyl (C=O) groups is 1. The number of nitrogens with one attached hydrogen (secondary N) is 1. The van der Waals surface area contributed by atoms with Crippen molar-refractivity contribution < 1.29 is 9.90 Å². The third-order valence-corrected chi connectivity index (χ3v) is 3.25. The third kappa shape index (κ3) is 3.51. The summed E-state index contributed by atoms with van der Waals surface area (Å²) < 4.78 is 0. The Labute approximate surface area is 107 Å². The average molecular weight is 249 g/mol. The molecule has 18 heavy (non-hydrogen) atoms. The number of carbonyl (C=O) groups excluding carboxylic acids is 1. The highest BCUT2D eigenvalue weighted by Gasteiger charge is 2.25. The Morgan fingerprint density at radius 3 is 3.17 bits per heavy atom. The van der Waals surface area contributed by atoms with Gasteiger partial charge in [-0.25, -0.2) is 0 Å². The molecular weight excluding hydrogens is 230 g/mol. The quantitative estimate of drug-likeness (QED) is 0.780. The Hall–Kier alpha value is -1.46. The van der Waals surface area contributed by atoms with Gasteiger partial charge >= 0.3 is 0 Å². The van der Waals surface area contributed by atoms with Crippen molar-refractivity contribution in [1.82, 2.24) is 15.2 Å². The Bertz CT molecular complexity index is 383. The van der Waals surface area contributed by atoms with Gasteiger partial charge in [0.15, 0.2) is 0 Å². The van der Waals surface area contributed by atoms with Crippen LogP contribution in [0.15, 0.2) is 24.4 Å². The second-order valence-corrected chi connectivity index (χ2v) is 4.55. The van der Waals surface area contributed by atoms with E-state index in [1.54, 1.807) is 6.20 Å². The van der Waals surface area contributed by atoms with Crippen LogP contribution < -0.4 is 5.32 Å². The van der Waals surface area contributed by atoms with Crippen LogP contribution in [0.4, 0.5) is 0 Å². The van der Waals surface area contributed by atoms with Crippen molar-refractivity contribution in [2.24, 2.45) is 0 Å². The molecule has 0 aromatic carbocycles. The lowest BCUT2D eigenvalue weighted by Crippen LogP contribution is -2.40. The zero-order chi connectivity index (χ0) is 12.8. The highest BCUT2D eigenvalue weighted by atomic mass is 16.3. The first-order valence-corrected chi connectivity index (χ1v) is 6.31. The van der Waals surface area contributed by atoms with Gasteiger partial charge in [0.25, 0.3) is 0 Å². The van der Waals surface area contributed by atoms with E-state index < -0.39 is 0 Å². The number of aliphatic hydroxyl groups is 1. The first kappa shape index (κ1) is 13.0. The molecule has 1 fully saturated rings.